The zero-order valence-corrected chi connectivity index (χ0v) is 19.0. The Bertz CT molecular complexity index is 1650. The van der Waals surface area contributed by atoms with Crippen LogP contribution >= 0.6 is 0 Å². The highest BCUT2D eigenvalue weighted by Crippen LogP contribution is 2.36. The first-order chi connectivity index (χ1) is 17.1. The van der Waals surface area contributed by atoms with E-state index in [0.29, 0.717) is 42.7 Å². The van der Waals surface area contributed by atoms with E-state index in [1.165, 1.54) is 12.1 Å². The highest BCUT2D eigenvalue weighted by Gasteiger charge is 2.27. The largest absolute Gasteiger partial charge is 0.354 e. The summed E-state index contributed by atoms with van der Waals surface area (Å²) in [5, 5.41) is 4.66. The fraction of sp³-hybridized carbons (Fsp3) is 0.179. The third-order valence-corrected chi connectivity index (χ3v) is 6.69. The molecule has 5 aromatic rings. The summed E-state index contributed by atoms with van der Waals surface area (Å²) in [7, 11) is 0. The molecule has 1 aliphatic rings. The third kappa shape index (κ3) is 3.69. The Balaban J connectivity index is 1.37. The number of nitrogens with one attached hydrogen (secondary N) is 1. The lowest BCUT2D eigenvalue weighted by Crippen LogP contribution is -2.31. The van der Waals surface area contributed by atoms with Gasteiger partial charge in [0.15, 0.2) is 5.82 Å². The molecular formula is C28H23FN4O2. The number of hydrogen-bond acceptors (Lipinski definition) is 3. The minimum Gasteiger partial charge on any atom is -0.354 e. The van der Waals surface area contributed by atoms with Crippen LogP contribution in [0, 0.1) is 5.82 Å². The molecule has 35 heavy (non-hydrogen) atoms. The first-order valence-electron chi connectivity index (χ1n) is 11.7. The second-order valence-electron chi connectivity index (χ2n) is 8.82. The lowest BCUT2D eigenvalue weighted by atomic mass is 10.0. The van der Waals surface area contributed by atoms with Gasteiger partial charge in [0.05, 0.1) is 16.6 Å². The van der Waals surface area contributed by atoms with Gasteiger partial charge in [-0.25, -0.2) is 9.37 Å². The first-order valence-corrected chi connectivity index (χ1v) is 11.7. The smallest absolute Gasteiger partial charge is 0.261 e. The fourth-order valence-electron chi connectivity index (χ4n) is 5.02. The quantitative estimate of drug-likeness (QED) is 0.425. The van der Waals surface area contributed by atoms with Crippen molar-refractivity contribution in [2.45, 2.75) is 25.9 Å². The molecule has 174 valence electrons. The summed E-state index contributed by atoms with van der Waals surface area (Å²) in [4.78, 5) is 31.1. The van der Waals surface area contributed by atoms with Gasteiger partial charge in [-0.3, -0.25) is 14.2 Å². The number of amides is 1. The maximum absolute atomic E-state index is 13.2. The molecule has 0 unspecified atom stereocenters. The molecule has 2 aromatic heterocycles. The van der Waals surface area contributed by atoms with Gasteiger partial charge < -0.3 is 9.88 Å². The first kappa shape index (κ1) is 21.3. The molecule has 0 saturated heterocycles. The third-order valence-electron chi connectivity index (χ3n) is 6.69. The van der Waals surface area contributed by atoms with Gasteiger partial charge in [-0.2, -0.15) is 0 Å². The number of rotatable bonds is 5. The molecule has 0 aliphatic carbocycles. The molecule has 6 rings (SSSR count). The molecule has 0 fully saturated rings. The predicted octanol–water partition coefficient (Wildman–Crippen LogP) is 4.07. The van der Waals surface area contributed by atoms with Gasteiger partial charge in [0.1, 0.15) is 12.4 Å². The average Bonchev–Trinajstić information content (AvgIpc) is 3.19. The molecule has 0 atom stereocenters. The molecule has 3 heterocycles. The summed E-state index contributed by atoms with van der Waals surface area (Å²) < 4.78 is 16.8. The number of halogens is 1. The zero-order valence-electron chi connectivity index (χ0n) is 19.0. The summed E-state index contributed by atoms with van der Waals surface area (Å²) in [6.07, 6.45) is 1.31. The van der Waals surface area contributed by atoms with Gasteiger partial charge in [-0.15, -0.1) is 0 Å². The molecule has 6 nitrogen and oxygen atoms in total. The molecule has 3 aromatic carbocycles. The van der Waals surface area contributed by atoms with Crippen LogP contribution in [0.4, 0.5) is 4.39 Å². The Morgan fingerprint density at radius 1 is 0.971 bits per heavy atom. The minimum absolute atomic E-state index is 0.0585. The molecule has 1 N–H and O–H groups in total. The Morgan fingerprint density at radius 2 is 1.71 bits per heavy atom. The van der Waals surface area contributed by atoms with Crippen LogP contribution in [0.3, 0.4) is 0 Å². The lowest BCUT2D eigenvalue weighted by Gasteiger charge is -2.21. The number of benzene rings is 3. The molecular weight excluding hydrogens is 443 g/mol. The predicted molar refractivity (Wildman–Crippen MR) is 134 cm³/mol. The molecule has 7 heteroatoms. The number of fused-ring (bicyclic) bond motifs is 6. The number of carbonyl (C=O) groups is 1. The Morgan fingerprint density at radius 3 is 2.54 bits per heavy atom. The lowest BCUT2D eigenvalue weighted by molar-refractivity contribution is -0.121. The van der Waals surface area contributed by atoms with Gasteiger partial charge in [-0.1, -0.05) is 42.5 Å². The number of aromatic nitrogens is 3. The van der Waals surface area contributed by atoms with Crippen molar-refractivity contribution in [3.63, 3.8) is 0 Å². The van der Waals surface area contributed by atoms with Crippen LogP contribution in [-0.4, -0.2) is 26.6 Å². The van der Waals surface area contributed by atoms with Crippen molar-refractivity contribution in [3.05, 3.63) is 100 Å². The summed E-state index contributed by atoms with van der Waals surface area (Å²) >= 11 is 0. The van der Waals surface area contributed by atoms with Crippen LogP contribution in [0.1, 0.15) is 11.1 Å². The molecule has 1 aliphatic heterocycles. The van der Waals surface area contributed by atoms with Gasteiger partial charge in [0, 0.05) is 24.0 Å². The molecule has 0 saturated carbocycles. The van der Waals surface area contributed by atoms with Crippen molar-refractivity contribution < 1.29 is 9.18 Å². The number of hydrogen-bond donors (Lipinski definition) is 1. The number of nitrogens with zero attached hydrogens (tertiary/aromatic N) is 3. The fourth-order valence-corrected chi connectivity index (χ4v) is 5.02. The van der Waals surface area contributed by atoms with Crippen LogP contribution < -0.4 is 10.9 Å². The average molecular weight is 467 g/mol. The molecule has 1 amide bonds. The van der Waals surface area contributed by atoms with E-state index in [-0.39, 0.29) is 23.8 Å². The van der Waals surface area contributed by atoms with Gasteiger partial charge in [0.2, 0.25) is 5.91 Å². The van der Waals surface area contributed by atoms with E-state index in [2.05, 4.69) is 11.4 Å². The number of carbonyl (C=O) groups excluding carboxylic acids is 1. The minimum atomic E-state index is -0.275. The number of para-hydroxylation sites is 2. The van der Waals surface area contributed by atoms with E-state index in [1.54, 1.807) is 22.8 Å². The van der Waals surface area contributed by atoms with Crippen molar-refractivity contribution in [1.29, 1.82) is 0 Å². The normalized spacial score (nSPS) is 12.5. The SMILES string of the molecule is O=C(Cn1c2c(c3ccccc31)CCn1c-2nc2ccccc2c1=O)NCCc1ccc(F)cc1. The topological polar surface area (TPSA) is 68.9 Å². The summed E-state index contributed by atoms with van der Waals surface area (Å²) in [6.45, 7) is 1.11. The van der Waals surface area contributed by atoms with Crippen molar-refractivity contribution >= 4 is 27.7 Å². The van der Waals surface area contributed by atoms with Crippen LogP contribution in [0.2, 0.25) is 0 Å². The van der Waals surface area contributed by atoms with E-state index in [9.17, 15) is 14.0 Å². The molecule has 0 radical (unpaired) electrons. The second kappa shape index (κ2) is 8.51. The summed E-state index contributed by atoms with van der Waals surface area (Å²) in [5.41, 5.74) is 4.44. The van der Waals surface area contributed by atoms with Crippen LogP contribution in [0.25, 0.3) is 33.3 Å². The summed E-state index contributed by atoms with van der Waals surface area (Å²) in [6, 6.07) is 21.7. The maximum Gasteiger partial charge on any atom is 0.261 e. The Labute approximate surface area is 200 Å². The van der Waals surface area contributed by atoms with E-state index in [1.807, 2.05) is 41.0 Å². The van der Waals surface area contributed by atoms with E-state index in [4.69, 9.17) is 4.98 Å². The maximum atomic E-state index is 13.2. The Kier molecular flexibility index (Phi) is 5.17. The summed E-state index contributed by atoms with van der Waals surface area (Å²) in [5.74, 6) is 0.198. The van der Waals surface area contributed by atoms with E-state index < -0.39 is 0 Å². The molecule has 0 spiro atoms. The van der Waals surface area contributed by atoms with Crippen molar-refractivity contribution in [1.82, 2.24) is 19.4 Å². The van der Waals surface area contributed by atoms with Crippen molar-refractivity contribution in [2.24, 2.45) is 0 Å². The van der Waals surface area contributed by atoms with Gasteiger partial charge in [0.25, 0.3) is 5.56 Å². The van der Waals surface area contributed by atoms with Crippen molar-refractivity contribution in [3.8, 4) is 11.5 Å². The van der Waals surface area contributed by atoms with E-state index in [0.717, 1.165) is 27.7 Å². The monoisotopic (exact) mass is 466 g/mol. The van der Waals surface area contributed by atoms with Gasteiger partial charge in [-0.05, 0) is 54.3 Å². The highest BCUT2D eigenvalue weighted by atomic mass is 19.1. The van der Waals surface area contributed by atoms with Crippen LogP contribution in [0.5, 0.6) is 0 Å². The van der Waals surface area contributed by atoms with Crippen LogP contribution in [0.15, 0.2) is 77.6 Å². The standard InChI is InChI=1S/C28H23FN4O2/c29-19-11-9-18(10-12-19)13-15-30-25(34)17-33-24-8-4-2-5-20(24)21-14-16-32-27(26(21)33)31-23-7-3-1-6-22(23)28(32)35/h1-12H,13-17H2,(H,30,34). The van der Waals surface area contributed by atoms with Crippen molar-refractivity contribution in [2.75, 3.05) is 6.54 Å². The van der Waals surface area contributed by atoms with Crippen LogP contribution in [-0.2, 0) is 30.7 Å². The highest BCUT2D eigenvalue weighted by molar-refractivity contribution is 5.93. The van der Waals surface area contributed by atoms with E-state index >= 15 is 0 Å². The number of aryl methyl sites for hydroxylation is 1. The second-order valence-corrected chi connectivity index (χ2v) is 8.82. The van der Waals surface area contributed by atoms with Gasteiger partial charge >= 0.3 is 0 Å². The Hall–Kier alpha value is -4.26. The zero-order chi connectivity index (χ0) is 23.9. The molecule has 0 bridgehead atoms.